The number of nitrogens with one attached hydrogen (secondary N) is 1. The van der Waals surface area contributed by atoms with Crippen molar-refractivity contribution in [3.8, 4) is 0 Å². The zero-order valence-corrected chi connectivity index (χ0v) is 13.8. The molecule has 0 unspecified atom stereocenters. The van der Waals surface area contributed by atoms with E-state index in [2.05, 4.69) is 5.32 Å². The molecule has 2 saturated heterocycles. The zero-order valence-electron chi connectivity index (χ0n) is 13.0. The first-order chi connectivity index (χ1) is 10.1. The quantitative estimate of drug-likeness (QED) is 0.814. The van der Waals surface area contributed by atoms with Gasteiger partial charge in [-0.15, -0.1) is 11.8 Å². The average molecular weight is 314 g/mol. The fraction of sp³-hybridized carbons (Fsp3) is 0.857. The predicted octanol–water partition coefficient (Wildman–Crippen LogP) is 0.297. The second-order valence-electron chi connectivity index (χ2n) is 5.81. The fourth-order valence-electron chi connectivity index (χ4n) is 2.67. The highest BCUT2D eigenvalue weighted by atomic mass is 32.2. The highest BCUT2D eigenvalue weighted by Gasteiger charge is 2.25. The normalized spacial score (nSPS) is 20.5. The van der Waals surface area contributed by atoms with Crippen molar-refractivity contribution in [1.29, 1.82) is 0 Å². The van der Waals surface area contributed by atoms with E-state index in [-0.39, 0.29) is 11.9 Å². The summed E-state index contributed by atoms with van der Waals surface area (Å²) in [4.78, 5) is 29.4. The number of thioether (sulfide) groups is 1. The number of rotatable bonds is 3. The first-order valence-corrected chi connectivity index (χ1v) is 8.69. The van der Waals surface area contributed by atoms with E-state index in [4.69, 9.17) is 0 Å². The van der Waals surface area contributed by atoms with E-state index in [0.29, 0.717) is 37.2 Å². The molecule has 2 heterocycles. The Kier molecular flexibility index (Phi) is 6.17. The molecule has 0 radical (unpaired) electrons. The number of urea groups is 1. The summed E-state index contributed by atoms with van der Waals surface area (Å²) >= 11 is 1.79. The van der Waals surface area contributed by atoms with E-state index < -0.39 is 0 Å². The smallest absolute Gasteiger partial charge is 0.319 e. The van der Waals surface area contributed by atoms with Crippen molar-refractivity contribution in [3.05, 3.63) is 0 Å². The van der Waals surface area contributed by atoms with Gasteiger partial charge in [-0.1, -0.05) is 0 Å². The number of carbonyl (C=O) groups excluding carboxylic acids is 2. The number of piperazine rings is 1. The molecule has 3 amide bonds. The molecule has 0 aromatic carbocycles. The predicted molar refractivity (Wildman–Crippen MR) is 85.6 cm³/mol. The molecule has 0 aliphatic carbocycles. The first kappa shape index (κ1) is 16.4. The van der Waals surface area contributed by atoms with Crippen molar-refractivity contribution in [2.24, 2.45) is 0 Å². The van der Waals surface area contributed by atoms with Gasteiger partial charge in [0.15, 0.2) is 0 Å². The Bertz CT molecular complexity index is 364. The van der Waals surface area contributed by atoms with Crippen LogP contribution in [0.1, 0.15) is 12.8 Å². The minimum absolute atomic E-state index is 0.0335. The molecule has 0 spiro atoms. The highest BCUT2D eigenvalue weighted by molar-refractivity contribution is 8.00. The molecule has 2 aliphatic rings. The van der Waals surface area contributed by atoms with Crippen LogP contribution in [0.4, 0.5) is 4.79 Å². The number of hydrogen-bond donors (Lipinski definition) is 1. The minimum atomic E-state index is 0.0335. The lowest BCUT2D eigenvalue weighted by atomic mass is 10.2. The molecule has 0 saturated carbocycles. The van der Waals surface area contributed by atoms with Crippen molar-refractivity contribution in [2.45, 2.75) is 18.1 Å². The summed E-state index contributed by atoms with van der Waals surface area (Å²) in [5, 5.41) is 3.96. The Balaban J connectivity index is 1.69. The summed E-state index contributed by atoms with van der Waals surface area (Å²) in [7, 11) is 3.52. The molecule has 120 valence electrons. The van der Waals surface area contributed by atoms with Gasteiger partial charge in [-0.25, -0.2) is 4.79 Å². The molecule has 7 heteroatoms. The van der Waals surface area contributed by atoms with E-state index in [9.17, 15) is 9.59 Å². The zero-order chi connectivity index (χ0) is 15.2. The van der Waals surface area contributed by atoms with Crippen LogP contribution >= 0.6 is 11.8 Å². The number of nitrogens with zero attached hydrogens (tertiary/aromatic N) is 3. The third kappa shape index (κ3) is 4.78. The second kappa shape index (κ2) is 7.89. The van der Waals surface area contributed by atoms with E-state index in [1.807, 2.05) is 9.80 Å². The van der Waals surface area contributed by atoms with Crippen LogP contribution in [0.15, 0.2) is 0 Å². The average Bonchev–Trinajstić information content (AvgIpc) is 2.53. The Morgan fingerprint density at radius 1 is 1.10 bits per heavy atom. The van der Waals surface area contributed by atoms with Crippen LogP contribution in [0, 0.1) is 0 Å². The van der Waals surface area contributed by atoms with Crippen LogP contribution in [0.25, 0.3) is 0 Å². The Hall–Kier alpha value is -0.950. The highest BCUT2D eigenvalue weighted by Crippen LogP contribution is 2.20. The molecule has 2 fully saturated rings. The van der Waals surface area contributed by atoms with Crippen LogP contribution < -0.4 is 5.32 Å². The summed E-state index contributed by atoms with van der Waals surface area (Å²) in [6, 6.07) is 0.0335. The number of amides is 3. The molecular weight excluding hydrogens is 288 g/mol. The van der Waals surface area contributed by atoms with Gasteiger partial charge in [0.1, 0.15) is 0 Å². The van der Waals surface area contributed by atoms with E-state index in [0.717, 1.165) is 25.9 Å². The van der Waals surface area contributed by atoms with Gasteiger partial charge in [0.2, 0.25) is 5.91 Å². The van der Waals surface area contributed by atoms with Gasteiger partial charge in [0.05, 0.1) is 5.75 Å². The first-order valence-electron chi connectivity index (χ1n) is 7.64. The van der Waals surface area contributed by atoms with Gasteiger partial charge < -0.3 is 20.0 Å². The topological polar surface area (TPSA) is 55.9 Å². The molecule has 0 aromatic rings. The summed E-state index contributed by atoms with van der Waals surface area (Å²) < 4.78 is 0. The SMILES string of the molecule is CN(C)C(=O)N1CCN(C(=O)CSC2CCNCC2)CC1. The monoisotopic (exact) mass is 314 g/mol. The van der Waals surface area contributed by atoms with E-state index >= 15 is 0 Å². The lowest BCUT2D eigenvalue weighted by molar-refractivity contribution is -0.129. The van der Waals surface area contributed by atoms with Crippen LogP contribution in [0.2, 0.25) is 0 Å². The lowest BCUT2D eigenvalue weighted by Crippen LogP contribution is -2.53. The molecule has 2 rings (SSSR count). The van der Waals surface area contributed by atoms with Gasteiger partial charge in [-0.3, -0.25) is 4.79 Å². The molecule has 6 nitrogen and oxygen atoms in total. The third-order valence-electron chi connectivity index (χ3n) is 4.01. The minimum Gasteiger partial charge on any atom is -0.338 e. The largest absolute Gasteiger partial charge is 0.338 e. The molecule has 21 heavy (non-hydrogen) atoms. The van der Waals surface area contributed by atoms with E-state index in [1.165, 1.54) is 0 Å². The van der Waals surface area contributed by atoms with Crippen molar-refractivity contribution < 1.29 is 9.59 Å². The fourth-order valence-corrected chi connectivity index (χ4v) is 3.80. The maximum absolute atomic E-state index is 12.2. The van der Waals surface area contributed by atoms with Crippen LogP contribution in [-0.4, -0.2) is 91.0 Å². The summed E-state index contributed by atoms with van der Waals surface area (Å²) in [6.45, 7) is 4.73. The van der Waals surface area contributed by atoms with Crippen molar-refractivity contribution in [1.82, 2.24) is 20.0 Å². The maximum Gasteiger partial charge on any atom is 0.319 e. The number of carbonyl (C=O) groups is 2. The maximum atomic E-state index is 12.2. The molecular formula is C14H26N4O2S. The van der Waals surface area contributed by atoms with Crippen LogP contribution in [-0.2, 0) is 4.79 Å². The molecule has 0 atom stereocenters. The lowest BCUT2D eigenvalue weighted by Gasteiger charge is -2.36. The van der Waals surface area contributed by atoms with Crippen LogP contribution in [0.5, 0.6) is 0 Å². The summed E-state index contributed by atoms with van der Waals surface area (Å²) in [5.41, 5.74) is 0. The summed E-state index contributed by atoms with van der Waals surface area (Å²) in [5.74, 6) is 0.794. The molecule has 2 aliphatic heterocycles. The number of hydrogen-bond acceptors (Lipinski definition) is 4. The van der Waals surface area contributed by atoms with E-state index in [1.54, 1.807) is 30.8 Å². The van der Waals surface area contributed by atoms with Gasteiger partial charge in [-0.2, -0.15) is 0 Å². The Labute approximate surface area is 131 Å². The van der Waals surface area contributed by atoms with Gasteiger partial charge in [0.25, 0.3) is 0 Å². The second-order valence-corrected chi connectivity index (χ2v) is 7.09. The standard InChI is InChI=1S/C14H26N4O2S/c1-16(2)14(20)18-9-7-17(8-10-18)13(19)11-21-12-3-5-15-6-4-12/h12,15H,3-11H2,1-2H3. The van der Waals surface area contributed by atoms with Crippen molar-refractivity contribution in [3.63, 3.8) is 0 Å². The molecule has 0 bridgehead atoms. The van der Waals surface area contributed by atoms with Crippen molar-refractivity contribution >= 4 is 23.7 Å². The van der Waals surface area contributed by atoms with Crippen molar-refractivity contribution in [2.75, 3.05) is 59.1 Å². The molecule has 1 N–H and O–H groups in total. The molecule has 0 aromatic heterocycles. The van der Waals surface area contributed by atoms with Crippen LogP contribution in [0.3, 0.4) is 0 Å². The van der Waals surface area contributed by atoms with Gasteiger partial charge >= 0.3 is 6.03 Å². The third-order valence-corrected chi connectivity index (χ3v) is 5.37. The van der Waals surface area contributed by atoms with Gasteiger partial charge in [0, 0.05) is 45.5 Å². The Morgan fingerprint density at radius 2 is 1.67 bits per heavy atom. The van der Waals surface area contributed by atoms with Gasteiger partial charge in [-0.05, 0) is 25.9 Å². The Morgan fingerprint density at radius 3 is 2.24 bits per heavy atom. The number of piperidine rings is 1. The summed E-state index contributed by atoms with van der Waals surface area (Å²) in [6.07, 6.45) is 2.31.